The van der Waals surface area contributed by atoms with Gasteiger partial charge in [0.15, 0.2) is 12.4 Å². The summed E-state index contributed by atoms with van der Waals surface area (Å²) in [5.41, 5.74) is 9.44. The van der Waals surface area contributed by atoms with Crippen LogP contribution >= 0.6 is 0 Å². The predicted octanol–water partition coefficient (Wildman–Crippen LogP) is 3.33. The van der Waals surface area contributed by atoms with E-state index in [1.54, 1.807) is 0 Å². The van der Waals surface area contributed by atoms with Crippen molar-refractivity contribution < 1.29 is 14.6 Å². The van der Waals surface area contributed by atoms with Gasteiger partial charge in [0.05, 0.1) is 5.39 Å². The minimum absolute atomic E-state index is 0.170. The highest BCUT2D eigenvalue weighted by Crippen LogP contribution is 2.27. The summed E-state index contributed by atoms with van der Waals surface area (Å²) < 4.78 is 1.91. The molecule has 0 aliphatic heterocycles. The maximum atomic E-state index is 10.7. The van der Waals surface area contributed by atoms with Crippen LogP contribution in [0.15, 0.2) is 48.5 Å². The van der Waals surface area contributed by atoms with Crippen molar-refractivity contribution in [3.8, 4) is 11.3 Å². The van der Waals surface area contributed by atoms with Gasteiger partial charge in [-0.05, 0) is 31.5 Å². The predicted molar refractivity (Wildman–Crippen MR) is 98.0 cm³/mol. The number of nitrogens with two attached hydrogens (primary N) is 1. The summed E-state index contributed by atoms with van der Waals surface area (Å²) in [5, 5.41) is 15.4. The number of unbranched alkanes of at least 4 members (excludes halogenated alkanes) is 1. The van der Waals surface area contributed by atoms with Crippen LogP contribution in [-0.4, -0.2) is 16.2 Å². The van der Waals surface area contributed by atoms with Gasteiger partial charge in [0.25, 0.3) is 0 Å². The van der Waals surface area contributed by atoms with Gasteiger partial charge in [0.2, 0.25) is 5.69 Å². The Morgan fingerprint density at radius 3 is 2.44 bits per heavy atom. The average molecular weight is 336 g/mol. The molecule has 0 radical (unpaired) electrons. The fourth-order valence-electron chi connectivity index (χ4n) is 3.00. The second-order valence-corrected chi connectivity index (χ2v) is 6.22. The Morgan fingerprint density at radius 2 is 1.76 bits per heavy atom. The van der Waals surface area contributed by atoms with Gasteiger partial charge >= 0.3 is 5.97 Å². The number of carboxylic acid groups (broad SMARTS) is 1. The number of hydrogen-bond acceptors (Lipinski definition) is 3. The minimum Gasteiger partial charge on any atom is -0.481 e. The zero-order chi connectivity index (χ0) is 17.8. The Balaban J connectivity index is 2.06. The monoisotopic (exact) mass is 336 g/mol. The van der Waals surface area contributed by atoms with Gasteiger partial charge in [0, 0.05) is 28.9 Å². The van der Waals surface area contributed by atoms with Gasteiger partial charge in [-0.25, -0.2) is 0 Å². The largest absolute Gasteiger partial charge is 0.481 e. The zero-order valence-electron chi connectivity index (χ0n) is 14.3. The number of carboxylic acids is 1. The molecule has 2 aromatic carbocycles. The lowest BCUT2D eigenvalue weighted by Gasteiger charge is -2.08. The summed E-state index contributed by atoms with van der Waals surface area (Å²) in [6.45, 7) is 2.69. The van der Waals surface area contributed by atoms with Crippen LogP contribution in [0.4, 0.5) is 5.82 Å². The van der Waals surface area contributed by atoms with E-state index in [9.17, 15) is 4.79 Å². The van der Waals surface area contributed by atoms with Crippen LogP contribution in [0, 0.1) is 6.92 Å². The maximum absolute atomic E-state index is 10.7. The lowest BCUT2D eigenvalue weighted by atomic mass is 10.0. The first-order valence-electron chi connectivity index (χ1n) is 8.43. The normalized spacial score (nSPS) is 10.9. The SMILES string of the molecule is Cc1ccc(-c2c3ccccc3c(N)n[n+]2CCCCC(=O)O)cc1. The average Bonchev–Trinajstić information content (AvgIpc) is 2.60. The van der Waals surface area contributed by atoms with Crippen molar-refractivity contribution in [1.29, 1.82) is 0 Å². The molecule has 25 heavy (non-hydrogen) atoms. The van der Waals surface area contributed by atoms with Gasteiger partial charge in [0.1, 0.15) is 0 Å². The maximum Gasteiger partial charge on any atom is 0.303 e. The number of nitrogen functional groups attached to an aromatic ring is 1. The van der Waals surface area contributed by atoms with Crippen molar-refractivity contribution in [3.05, 3.63) is 54.1 Å². The standard InChI is InChI=1S/C20H21N3O2/c1-14-9-11-15(12-10-14)19-16-6-2-3-7-17(16)20(21)22-23(19)13-5-4-8-18(24)25/h2-3,6-7,9-12H,4-5,8,13H2,1H3,(H2-,21,22,24,25)/p+1. The molecule has 0 spiro atoms. The van der Waals surface area contributed by atoms with Crippen molar-refractivity contribution >= 4 is 22.6 Å². The van der Waals surface area contributed by atoms with Crippen LogP contribution < -0.4 is 10.4 Å². The molecule has 128 valence electrons. The molecular weight excluding hydrogens is 314 g/mol. The van der Waals surface area contributed by atoms with E-state index in [2.05, 4.69) is 42.4 Å². The molecule has 0 amide bonds. The van der Waals surface area contributed by atoms with Crippen molar-refractivity contribution in [2.24, 2.45) is 0 Å². The molecule has 0 aliphatic rings. The van der Waals surface area contributed by atoms with E-state index in [0.717, 1.165) is 28.5 Å². The van der Waals surface area contributed by atoms with Crippen LogP contribution in [0.2, 0.25) is 0 Å². The third kappa shape index (κ3) is 3.76. The van der Waals surface area contributed by atoms with Gasteiger partial charge in [-0.15, -0.1) is 0 Å². The highest BCUT2D eigenvalue weighted by Gasteiger charge is 2.21. The van der Waals surface area contributed by atoms with E-state index >= 15 is 0 Å². The molecule has 0 saturated heterocycles. The molecule has 3 N–H and O–H groups in total. The Morgan fingerprint density at radius 1 is 1.08 bits per heavy atom. The quantitative estimate of drug-likeness (QED) is 0.534. The Bertz CT molecular complexity index is 905. The minimum atomic E-state index is -0.769. The van der Waals surface area contributed by atoms with E-state index in [1.165, 1.54) is 5.56 Å². The van der Waals surface area contributed by atoms with Crippen molar-refractivity contribution in [1.82, 2.24) is 5.10 Å². The summed E-state index contributed by atoms with van der Waals surface area (Å²) in [5.74, 6) is -0.278. The molecule has 0 unspecified atom stereocenters. The zero-order valence-corrected chi connectivity index (χ0v) is 14.3. The van der Waals surface area contributed by atoms with Crippen molar-refractivity contribution in [3.63, 3.8) is 0 Å². The fourth-order valence-corrected chi connectivity index (χ4v) is 3.00. The molecule has 1 aromatic heterocycles. The summed E-state index contributed by atoms with van der Waals surface area (Å²) in [7, 11) is 0. The lowest BCUT2D eigenvalue weighted by Crippen LogP contribution is -2.41. The number of hydrogen-bond donors (Lipinski definition) is 2. The second-order valence-electron chi connectivity index (χ2n) is 6.22. The summed E-state index contributed by atoms with van der Waals surface area (Å²) in [4.78, 5) is 10.7. The number of rotatable bonds is 6. The number of aliphatic carboxylic acids is 1. The van der Waals surface area contributed by atoms with Crippen LogP contribution in [0.3, 0.4) is 0 Å². The van der Waals surface area contributed by atoms with E-state index in [1.807, 2.05) is 22.9 Å². The summed E-state index contributed by atoms with van der Waals surface area (Å²) in [6, 6.07) is 16.3. The first-order valence-corrected chi connectivity index (χ1v) is 8.43. The van der Waals surface area contributed by atoms with E-state index in [0.29, 0.717) is 18.8 Å². The number of nitrogens with zero attached hydrogens (tertiary/aromatic N) is 2. The molecule has 5 nitrogen and oxygen atoms in total. The molecule has 0 atom stereocenters. The summed E-state index contributed by atoms with van der Waals surface area (Å²) >= 11 is 0. The van der Waals surface area contributed by atoms with Crippen LogP contribution in [0.25, 0.3) is 22.0 Å². The second kappa shape index (κ2) is 7.30. The summed E-state index contributed by atoms with van der Waals surface area (Å²) in [6.07, 6.45) is 1.52. The molecule has 0 saturated carbocycles. The number of carbonyl (C=O) groups is 1. The smallest absolute Gasteiger partial charge is 0.303 e. The van der Waals surface area contributed by atoms with Crippen molar-refractivity contribution in [2.75, 3.05) is 5.73 Å². The van der Waals surface area contributed by atoms with E-state index in [4.69, 9.17) is 10.8 Å². The van der Waals surface area contributed by atoms with Gasteiger partial charge < -0.3 is 10.8 Å². The molecule has 3 aromatic rings. The van der Waals surface area contributed by atoms with Crippen LogP contribution in [-0.2, 0) is 11.3 Å². The molecule has 0 bridgehead atoms. The Hall–Kier alpha value is -2.95. The molecule has 5 heteroatoms. The van der Waals surface area contributed by atoms with Crippen LogP contribution in [0.1, 0.15) is 24.8 Å². The van der Waals surface area contributed by atoms with Crippen LogP contribution in [0.5, 0.6) is 0 Å². The molecule has 0 fully saturated rings. The van der Waals surface area contributed by atoms with E-state index in [-0.39, 0.29) is 6.42 Å². The van der Waals surface area contributed by atoms with Gasteiger partial charge in [-0.2, -0.15) is 0 Å². The van der Waals surface area contributed by atoms with Gasteiger partial charge in [-0.3, -0.25) is 4.79 Å². The highest BCUT2D eigenvalue weighted by atomic mass is 16.4. The number of aromatic nitrogens is 2. The number of aryl methyl sites for hydroxylation is 2. The third-order valence-electron chi connectivity index (χ3n) is 4.28. The number of fused-ring (bicyclic) bond motifs is 1. The highest BCUT2D eigenvalue weighted by molar-refractivity contribution is 5.98. The van der Waals surface area contributed by atoms with Crippen molar-refractivity contribution in [2.45, 2.75) is 32.7 Å². The Labute approximate surface area is 146 Å². The van der Waals surface area contributed by atoms with Gasteiger partial charge in [-0.1, -0.05) is 40.6 Å². The Kier molecular flexibility index (Phi) is 4.93. The lowest BCUT2D eigenvalue weighted by molar-refractivity contribution is -0.741. The molecule has 1 heterocycles. The fraction of sp³-hybridized carbons (Fsp3) is 0.250. The van der Waals surface area contributed by atoms with E-state index < -0.39 is 5.97 Å². The topological polar surface area (TPSA) is 80.1 Å². The molecular formula is C20H22N3O2+. The number of anilines is 1. The third-order valence-corrected chi connectivity index (χ3v) is 4.28. The first-order chi connectivity index (χ1) is 12.1. The molecule has 0 aliphatic carbocycles. The number of benzene rings is 2. The first kappa shape index (κ1) is 16.9. The molecule has 3 rings (SSSR count).